The van der Waals surface area contributed by atoms with Crippen molar-refractivity contribution in [2.24, 2.45) is 16.7 Å². The lowest BCUT2D eigenvalue weighted by molar-refractivity contribution is -0.110. The standard InChI is InChI=1S/C15H23N3O2S/c1-13-5-11-6-14(2,8-13)10-15(7-11,9-13)18-21(19,20)12-3-4-16-17-12/h3-4,11,18H,5-10H2,1-2H3,(H,16,17). The third-order valence-corrected chi connectivity index (χ3v) is 7.25. The first kappa shape index (κ1) is 13.8. The molecule has 1 aromatic heterocycles. The van der Waals surface area contributed by atoms with Gasteiger partial charge in [-0.3, -0.25) is 5.10 Å². The number of nitrogens with one attached hydrogen (secondary N) is 2. The summed E-state index contributed by atoms with van der Waals surface area (Å²) in [7, 11) is -3.50. The first-order chi connectivity index (χ1) is 9.72. The van der Waals surface area contributed by atoms with E-state index in [1.54, 1.807) is 0 Å². The van der Waals surface area contributed by atoms with Gasteiger partial charge in [0.25, 0.3) is 10.0 Å². The molecule has 0 spiro atoms. The van der Waals surface area contributed by atoms with Gasteiger partial charge in [0.05, 0.1) is 6.20 Å². The number of hydrogen-bond acceptors (Lipinski definition) is 3. The van der Waals surface area contributed by atoms with E-state index in [2.05, 4.69) is 28.8 Å². The third-order valence-electron chi connectivity index (χ3n) is 5.74. The normalized spacial score (nSPS) is 45.1. The molecule has 1 heterocycles. The van der Waals surface area contributed by atoms with Crippen molar-refractivity contribution in [1.29, 1.82) is 0 Å². The molecule has 4 aliphatic carbocycles. The van der Waals surface area contributed by atoms with Crippen molar-refractivity contribution in [3.63, 3.8) is 0 Å². The summed E-state index contributed by atoms with van der Waals surface area (Å²) in [6, 6.07) is 1.52. The predicted octanol–water partition coefficient (Wildman–Crippen LogP) is 2.44. The molecule has 0 radical (unpaired) electrons. The zero-order valence-corrected chi connectivity index (χ0v) is 13.5. The number of aromatic nitrogens is 2. The Morgan fingerprint density at radius 2 is 1.86 bits per heavy atom. The van der Waals surface area contributed by atoms with E-state index in [-0.39, 0.29) is 10.6 Å². The van der Waals surface area contributed by atoms with Crippen LogP contribution in [0.15, 0.2) is 17.3 Å². The molecule has 4 aliphatic rings. The lowest BCUT2D eigenvalue weighted by Crippen LogP contribution is -2.65. The van der Waals surface area contributed by atoms with Gasteiger partial charge in [0.15, 0.2) is 5.03 Å². The highest BCUT2D eigenvalue weighted by Gasteiger charge is 2.61. The first-order valence-electron chi connectivity index (χ1n) is 7.75. The van der Waals surface area contributed by atoms with Crippen LogP contribution in [-0.4, -0.2) is 24.2 Å². The molecule has 2 atom stereocenters. The van der Waals surface area contributed by atoms with E-state index in [9.17, 15) is 8.42 Å². The number of H-pyrrole nitrogens is 1. The van der Waals surface area contributed by atoms with E-state index in [0.29, 0.717) is 16.7 Å². The van der Waals surface area contributed by atoms with Crippen LogP contribution in [0.25, 0.3) is 0 Å². The summed E-state index contributed by atoms with van der Waals surface area (Å²) >= 11 is 0. The largest absolute Gasteiger partial charge is 0.266 e. The third kappa shape index (κ3) is 2.14. The summed E-state index contributed by atoms with van der Waals surface area (Å²) in [4.78, 5) is 0. The van der Waals surface area contributed by atoms with Crippen LogP contribution in [-0.2, 0) is 10.0 Å². The van der Waals surface area contributed by atoms with Crippen molar-refractivity contribution in [3.8, 4) is 0 Å². The number of nitrogens with zero attached hydrogens (tertiary/aromatic N) is 1. The highest BCUT2D eigenvalue weighted by molar-refractivity contribution is 7.89. The molecular weight excluding hydrogens is 286 g/mol. The van der Waals surface area contributed by atoms with E-state index in [4.69, 9.17) is 0 Å². The minimum Gasteiger partial charge on any atom is -0.266 e. The van der Waals surface area contributed by atoms with Gasteiger partial charge in [-0.15, -0.1) is 0 Å². The maximum Gasteiger partial charge on any atom is 0.257 e. The Morgan fingerprint density at radius 3 is 2.38 bits per heavy atom. The molecule has 116 valence electrons. The van der Waals surface area contributed by atoms with Crippen LogP contribution in [0.2, 0.25) is 0 Å². The van der Waals surface area contributed by atoms with E-state index < -0.39 is 10.0 Å². The van der Waals surface area contributed by atoms with Gasteiger partial charge in [0.2, 0.25) is 0 Å². The molecular formula is C15H23N3O2S. The fraction of sp³-hybridized carbons (Fsp3) is 0.800. The maximum atomic E-state index is 12.6. The molecule has 4 fully saturated rings. The molecule has 5 nitrogen and oxygen atoms in total. The van der Waals surface area contributed by atoms with Crippen molar-refractivity contribution in [2.45, 2.75) is 62.9 Å². The summed E-state index contributed by atoms with van der Waals surface area (Å²) in [6.07, 6.45) is 8.18. The second kappa shape index (κ2) is 3.90. The molecule has 21 heavy (non-hydrogen) atoms. The Kier molecular flexibility index (Phi) is 2.56. The molecule has 6 heteroatoms. The quantitative estimate of drug-likeness (QED) is 0.900. The minimum atomic E-state index is -3.50. The van der Waals surface area contributed by atoms with E-state index >= 15 is 0 Å². The van der Waals surface area contributed by atoms with E-state index in [1.807, 2.05) is 0 Å². The number of aromatic amines is 1. The van der Waals surface area contributed by atoms with Crippen LogP contribution in [0, 0.1) is 16.7 Å². The first-order valence-corrected chi connectivity index (χ1v) is 9.24. The summed E-state index contributed by atoms with van der Waals surface area (Å²) in [5.74, 6) is 0.667. The molecule has 2 N–H and O–H groups in total. The molecule has 4 bridgehead atoms. The molecule has 0 saturated heterocycles. The summed E-state index contributed by atoms with van der Waals surface area (Å²) in [6.45, 7) is 4.68. The van der Waals surface area contributed by atoms with Crippen LogP contribution < -0.4 is 4.72 Å². The van der Waals surface area contributed by atoms with Crippen LogP contribution >= 0.6 is 0 Å². The van der Waals surface area contributed by atoms with Gasteiger partial charge in [0.1, 0.15) is 0 Å². The van der Waals surface area contributed by atoms with Crippen LogP contribution in [0.3, 0.4) is 0 Å². The van der Waals surface area contributed by atoms with Crippen molar-refractivity contribution < 1.29 is 8.42 Å². The fourth-order valence-electron chi connectivity index (χ4n) is 6.29. The summed E-state index contributed by atoms with van der Waals surface area (Å²) in [5.41, 5.74) is 0.336. The van der Waals surface area contributed by atoms with Gasteiger partial charge in [0, 0.05) is 5.54 Å². The smallest absolute Gasteiger partial charge is 0.257 e. The second-order valence-corrected chi connectivity index (χ2v) is 10.1. The van der Waals surface area contributed by atoms with E-state index in [1.165, 1.54) is 31.5 Å². The maximum absolute atomic E-state index is 12.6. The Bertz CT molecular complexity index is 649. The van der Waals surface area contributed by atoms with Crippen molar-refractivity contribution in [2.75, 3.05) is 0 Å². The molecule has 0 aromatic carbocycles. The Labute approximate surface area is 126 Å². The van der Waals surface area contributed by atoms with Crippen molar-refractivity contribution >= 4 is 10.0 Å². The predicted molar refractivity (Wildman–Crippen MR) is 79.0 cm³/mol. The molecule has 0 aliphatic heterocycles. The molecule has 1 aromatic rings. The van der Waals surface area contributed by atoms with Crippen LogP contribution in [0.5, 0.6) is 0 Å². The Balaban J connectivity index is 1.69. The zero-order chi connectivity index (χ0) is 14.9. The highest BCUT2D eigenvalue weighted by Crippen LogP contribution is 2.66. The van der Waals surface area contributed by atoms with Gasteiger partial charge in [-0.1, -0.05) is 13.8 Å². The summed E-state index contributed by atoms with van der Waals surface area (Å²) < 4.78 is 28.3. The lowest BCUT2D eigenvalue weighted by Gasteiger charge is -2.65. The van der Waals surface area contributed by atoms with Crippen LogP contribution in [0.1, 0.15) is 52.4 Å². The highest BCUT2D eigenvalue weighted by atomic mass is 32.2. The lowest BCUT2D eigenvalue weighted by atomic mass is 9.43. The Hall–Kier alpha value is -0.880. The van der Waals surface area contributed by atoms with Crippen LogP contribution in [0.4, 0.5) is 0 Å². The average Bonchev–Trinajstić information content (AvgIpc) is 2.74. The van der Waals surface area contributed by atoms with Gasteiger partial charge in [-0.25, -0.2) is 13.1 Å². The number of rotatable bonds is 3. The van der Waals surface area contributed by atoms with Gasteiger partial charge in [-0.2, -0.15) is 5.10 Å². The monoisotopic (exact) mass is 309 g/mol. The Morgan fingerprint density at radius 1 is 1.19 bits per heavy atom. The molecule has 0 amide bonds. The number of hydrogen-bond donors (Lipinski definition) is 2. The zero-order valence-electron chi connectivity index (χ0n) is 12.6. The molecule has 2 unspecified atom stereocenters. The average molecular weight is 309 g/mol. The molecule has 5 rings (SSSR count). The topological polar surface area (TPSA) is 74.8 Å². The fourth-order valence-corrected chi connectivity index (χ4v) is 7.61. The summed E-state index contributed by atoms with van der Waals surface area (Å²) in [5, 5.41) is 6.52. The van der Waals surface area contributed by atoms with Gasteiger partial charge >= 0.3 is 0 Å². The SMILES string of the molecule is CC12CC3CC(C)(C1)CC(NS(=O)(=O)c1ccn[nH]1)(C3)C2. The number of sulfonamides is 1. The van der Waals surface area contributed by atoms with Crippen molar-refractivity contribution in [1.82, 2.24) is 14.9 Å². The van der Waals surface area contributed by atoms with Crippen molar-refractivity contribution in [3.05, 3.63) is 12.3 Å². The minimum absolute atomic E-state index is 0.175. The van der Waals surface area contributed by atoms with Gasteiger partial charge in [-0.05, 0) is 61.3 Å². The van der Waals surface area contributed by atoms with Gasteiger partial charge < -0.3 is 0 Å². The van der Waals surface area contributed by atoms with E-state index in [0.717, 1.165) is 19.3 Å². The molecule has 4 saturated carbocycles. The second-order valence-electron chi connectivity index (χ2n) is 8.44.